The largest absolute Gasteiger partial charge is 0.390 e. The van der Waals surface area contributed by atoms with Crippen molar-refractivity contribution >= 4 is 5.91 Å². The van der Waals surface area contributed by atoms with Crippen LogP contribution in [0.1, 0.15) is 26.2 Å². The van der Waals surface area contributed by atoms with Gasteiger partial charge in [-0.3, -0.25) is 4.79 Å². The Morgan fingerprint density at radius 1 is 1.53 bits per heavy atom. The molecular formula is C12H22N2O3. The quantitative estimate of drug-likeness (QED) is 0.700. The second-order valence-corrected chi connectivity index (χ2v) is 5.31. The molecule has 1 unspecified atom stereocenters. The summed E-state index contributed by atoms with van der Waals surface area (Å²) in [5, 5.41) is 13.1. The second-order valence-electron chi connectivity index (χ2n) is 5.31. The monoisotopic (exact) mass is 242 g/mol. The molecule has 2 N–H and O–H groups in total. The van der Waals surface area contributed by atoms with Crippen molar-refractivity contribution in [1.82, 2.24) is 10.2 Å². The molecule has 17 heavy (non-hydrogen) atoms. The van der Waals surface area contributed by atoms with E-state index >= 15 is 0 Å². The Balaban J connectivity index is 1.76. The summed E-state index contributed by atoms with van der Waals surface area (Å²) < 4.78 is 5.33. The van der Waals surface area contributed by atoms with Crippen molar-refractivity contribution in [2.75, 3.05) is 32.8 Å². The zero-order valence-corrected chi connectivity index (χ0v) is 10.4. The van der Waals surface area contributed by atoms with Gasteiger partial charge in [0, 0.05) is 32.1 Å². The predicted octanol–water partition coefficient (Wildman–Crippen LogP) is -0.262. The summed E-state index contributed by atoms with van der Waals surface area (Å²) in [4.78, 5) is 13.9. The maximum atomic E-state index is 12.0. The first-order valence-corrected chi connectivity index (χ1v) is 6.38. The summed E-state index contributed by atoms with van der Waals surface area (Å²) in [7, 11) is 0. The number of aliphatic hydroxyl groups is 1. The number of piperidine rings is 1. The zero-order valence-electron chi connectivity index (χ0n) is 10.4. The SMILES string of the molecule is CC1(O)CCN(C(=O)CC2COCCN2)CC1. The van der Waals surface area contributed by atoms with Gasteiger partial charge in [0.15, 0.2) is 0 Å². The van der Waals surface area contributed by atoms with Crippen molar-refractivity contribution in [2.24, 2.45) is 0 Å². The fourth-order valence-corrected chi connectivity index (χ4v) is 2.33. The number of likely N-dealkylation sites (tertiary alicyclic amines) is 1. The first-order chi connectivity index (χ1) is 8.07. The van der Waals surface area contributed by atoms with Gasteiger partial charge in [0.2, 0.25) is 5.91 Å². The number of nitrogens with one attached hydrogen (secondary N) is 1. The van der Waals surface area contributed by atoms with Crippen LogP contribution in [0.3, 0.4) is 0 Å². The number of hydrogen-bond acceptors (Lipinski definition) is 4. The third kappa shape index (κ3) is 3.66. The smallest absolute Gasteiger partial charge is 0.224 e. The predicted molar refractivity (Wildman–Crippen MR) is 63.7 cm³/mol. The molecule has 2 heterocycles. The van der Waals surface area contributed by atoms with E-state index in [2.05, 4.69) is 5.32 Å². The summed E-state index contributed by atoms with van der Waals surface area (Å²) in [5.41, 5.74) is -0.594. The lowest BCUT2D eigenvalue weighted by atomic mass is 9.93. The van der Waals surface area contributed by atoms with Crippen LogP contribution in [0.4, 0.5) is 0 Å². The molecule has 5 heteroatoms. The molecule has 1 amide bonds. The van der Waals surface area contributed by atoms with E-state index in [-0.39, 0.29) is 11.9 Å². The fraction of sp³-hybridized carbons (Fsp3) is 0.917. The highest BCUT2D eigenvalue weighted by Gasteiger charge is 2.30. The minimum Gasteiger partial charge on any atom is -0.390 e. The molecule has 0 aliphatic carbocycles. The number of morpholine rings is 1. The molecule has 98 valence electrons. The average Bonchev–Trinajstić information content (AvgIpc) is 2.30. The van der Waals surface area contributed by atoms with Gasteiger partial charge in [-0.15, -0.1) is 0 Å². The molecule has 0 bridgehead atoms. The molecule has 2 saturated heterocycles. The number of amides is 1. The second kappa shape index (κ2) is 5.33. The topological polar surface area (TPSA) is 61.8 Å². The normalized spacial score (nSPS) is 29.1. The van der Waals surface area contributed by atoms with Gasteiger partial charge in [-0.25, -0.2) is 0 Å². The molecule has 1 atom stereocenters. The lowest BCUT2D eigenvalue weighted by Gasteiger charge is -2.36. The van der Waals surface area contributed by atoms with Crippen LogP contribution in [0.25, 0.3) is 0 Å². The number of nitrogens with zero attached hydrogens (tertiary/aromatic N) is 1. The van der Waals surface area contributed by atoms with E-state index in [4.69, 9.17) is 4.74 Å². The van der Waals surface area contributed by atoms with Crippen molar-refractivity contribution in [3.8, 4) is 0 Å². The minimum absolute atomic E-state index is 0.152. The van der Waals surface area contributed by atoms with Gasteiger partial charge in [0.05, 0.1) is 18.8 Å². The van der Waals surface area contributed by atoms with Crippen molar-refractivity contribution < 1.29 is 14.6 Å². The van der Waals surface area contributed by atoms with Crippen molar-refractivity contribution in [1.29, 1.82) is 0 Å². The van der Waals surface area contributed by atoms with Gasteiger partial charge in [-0.1, -0.05) is 0 Å². The first-order valence-electron chi connectivity index (χ1n) is 6.38. The summed E-state index contributed by atoms with van der Waals surface area (Å²) in [6, 6.07) is 0.152. The van der Waals surface area contributed by atoms with Crippen LogP contribution in [-0.2, 0) is 9.53 Å². The molecule has 0 aromatic rings. The van der Waals surface area contributed by atoms with Crippen LogP contribution in [-0.4, -0.2) is 60.4 Å². The zero-order chi connectivity index (χ0) is 12.3. The summed E-state index contributed by atoms with van der Waals surface area (Å²) in [6.07, 6.45) is 1.85. The van der Waals surface area contributed by atoms with Gasteiger partial charge in [-0.05, 0) is 19.8 Å². The van der Waals surface area contributed by atoms with Gasteiger partial charge in [-0.2, -0.15) is 0 Å². The van der Waals surface area contributed by atoms with E-state index in [1.165, 1.54) is 0 Å². The maximum absolute atomic E-state index is 12.0. The van der Waals surface area contributed by atoms with Gasteiger partial charge in [0.25, 0.3) is 0 Å². The maximum Gasteiger partial charge on any atom is 0.224 e. The number of rotatable bonds is 2. The molecule has 0 aromatic carbocycles. The minimum atomic E-state index is -0.594. The van der Waals surface area contributed by atoms with Crippen molar-refractivity contribution in [2.45, 2.75) is 37.8 Å². The number of carbonyl (C=O) groups excluding carboxylic acids is 1. The molecule has 2 aliphatic heterocycles. The fourth-order valence-electron chi connectivity index (χ4n) is 2.33. The first kappa shape index (κ1) is 12.8. The van der Waals surface area contributed by atoms with Gasteiger partial charge >= 0.3 is 0 Å². The standard InChI is InChI=1S/C12H22N2O3/c1-12(16)2-5-14(6-3-12)11(15)8-10-9-17-7-4-13-10/h10,13,16H,2-9H2,1H3. The van der Waals surface area contributed by atoms with Crippen LogP contribution >= 0.6 is 0 Å². The summed E-state index contributed by atoms with van der Waals surface area (Å²) >= 11 is 0. The highest BCUT2D eigenvalue weighted by atomic mass is 16.5. The molecule has 2 fully saturated rings. The molecule has 0 radical (unpaired) electrons. The number of carbonyl (C=O) groups is 1. The van der Waals surface area contributed by atoms with Crippen LogP contribution < -0.4 is 5.32 Å². The van der Waals surface area contributed by atoms with E-state index < -0.39 is 5.60 Å². The Labute approximate surface area is 102 Å². The molecular weight excluding hydrogens is 220 g/mol. The Kier molecular flexibility index (Phi) is 4.01. The van der Waals surface area contributed by atoms with E-state index in [0.29, 0.717) is 39.0 Å². The lowest BCUT2D eigenvalue weighted by molar-refractivity contribution is -0.136. The van der Waals surface area contributed by atoms with Crippen LogP contribution in [0.2, 0.25) is 0 Å². The Bertz CT molecular complexity index is 265. The van der Waals surface area contributed by atoms with E-state index in [1.807, 2.05) is 11.8 Å². The molecule has 5 nitrogen and oxygen atoms in total. The Morgan fingerprint density at radius 2 is 2.24 bits per heavy atom. The third-order valence-electron chi connectivity index (χ3n) is 3.61. The van der Waals surface area contributed by atoms with Gasteiger partial charge in [0.1, 0.15) is 0 Å². The highest BCUT2D eigenvalue weighted by molar-refractivity contribution is 5.77. The molecule has 0 spiro atoms. The number of ether oxygens (including phenoxy) is 1. The Hall–Kier alpha value is -0.650. The van der Waals surface area contributed by atoms with Crippen LogP contribution in [0.15, 0.2) is 0 Å². The summed E-state index contributed by atoms with van der Waals surface area (Å²) in [5.74, 6) is 0.170. The molecule has 0 saturated carbocycles. The van der Waals surface area contributed by atoms with Crippen LogP contribution in [0.5, 0.6) is 0 Å². The van der Waals surface area contributed by atoms with Crippen LogP contribution in [0, 0.1) is 0 Å². The van der Waals surface area contributed by atoms with Crippen molar-refractivity contribution in [3.63, 3.8) is 0 Å². The molecule has 0 aromatic heterocycles. The Morgan fingerprint density at radius 3 is 2.82 bits per heavy atom. The summed E-state index contributed by atoms with van der Waals surface area (Å²) in [6.45, 7) is 5.35. The molecule has 2 rings (SSSR count). The highest BCUT2D eigenvalue weighted by Crippen LogP contribution is 2.21. The van der Waals surface area contributed by atoms with Gasteiger partial charge < -0.3 is 20.1 Å². The average molecular weight is 242 g/mol. The number of hydrogen-bond donors (Lipinski definition) is 2. The van der Waals surface area contributed by atoms with Crippen molar-refractivity contribution in [3.05, 3.63) is 0 Å². The third-order valence-corrected chi connectivity index (χ3v) is 3.61. The van der Waals surface area contributed by atoms with E-state index in [0.717, 1.165) is 13.2 Å². The molecule has 2 aliphatic rings. The lowest BCUT2D eigenvalue weighted by Crippen LogP contribution is -2.49. The van der Waals surface area contributed by atoms with E-state index in [9.17, 15) is 9.90 Å². The van der Waals surface area contributed by atoms with E-state index in [1.54, 1.807) is 0 Å².